The number of H-pyrrole nitrogens is 1. The van der Waals surface area contributed by atoms with Gasteiger partial charge in [-0.25, -0.2) is 0 Å². The van der Waals surface area contributed by atoms with Gasteiger partial charge in [0.05, 0.1) is 0 Å². The Morgan fingerprint density at radius 2 is 2.60 bits per heavy atom. The Morgan fingerprint density at radius 3 is 3.00 bits per heavy atom. The zero-order chi connectivity index (χ0) is 7.56. The van der Waals surface area contributed by atoms with Gasteiger partial charge in [-0.05, 0) is 19.1 Å². The third-order valence-corrected chi connectivity index (χ3v) is 1.57. The van der Waals surface area contributed by atoms with E-state index in [0.29, 0.717) is 4.77 Å². The Morgan fingerprint density at radius 1 is 1.90 bits per heavy atom. The van der Waals surface area contributed by atoms with Crippen molar-refractivity contribution in [1.82, 2.24) is 14.8 Å². The molecule has 1 N–H and O–H groups in total. The molecule has 0 aliphatic heterocycles. The maximum absolute atomic E-state index is 4.94. The molecule has 1 aromatic heterocycles. The molecule has 3 nitrogen and oxygen atoms in total. The number of aryl methyl sites for hydroxylation is 1. The van der Waals surface area contributed by atoms with E-state index in [9.17, 15) is 0 Å². The normalized spacial score (nSPS) is 9.70. The minimum atomic E-state index is 0.650. The van der Waals surface area contributed by atoms with Crippen molar-refractivity contribution in [1.29, 1.82) is 0 Å². The SMILES string of the molecule is C=CCn1c(C)n[nH]c1=S. The lowest BCUT2D eigenvalue weighted by atomic mass is 10.6. The van der Waals surface area contributed by atoms with Gasteiger partial charge >= 0.3 is 0 Å². The number of aromatic nitrogens is 3. The van der Waals surface area contributed by atoms with E-state index in [2.05, 4.69) is 16.8 Å². The van der Waals surface area contributed by atoms with Crippen molar-refractivity contribution >= 4 is 12.2 Å². The van der Waals surface area contributed by atoms with Crippen molar-refractivity contribution in [2.75, 3.05) is 0 Å². The van der Waals surface area contributed by atoms with E-state index in [1.807, 2.05) is 11.5 Å². The summed E-state index contributed by atoms with van der Waals surface area (Å²) in [6.45, 7) is 6.23. The van der Waals surface area contributed by atoms with E-state index >= 15 is 0 Å². The third-order valence-electron chi connectivity index (χ3n) is 1.26. The summed E-state index contributed by atoms with van der Waals surface area (Å²) in [5, 5.41) is 6.62. The molecule has 1 heterocycles. The molecule has 54 valence electrons. The fourth-order valence-corrected chi connectivity index (χ4v) is 0.993. The van der Waals surface area contributed by atoms with Gasteiger partial charge < -0.3 is 4.57 Å². The van der Waals surface area contributed by atoms with Gasteiger partial charge in [-0.3, -0.25) is 5.10 Å². The topological polar surface area (TPSA) is 33.6 Å². The fourth-order valence-electron chi connectivity index (χ4n) is 0.741. The number of nitrogens with zero attached hydrogens (tertiary/aromatic N) is 2. The lowest BCUT2D eigenvalue weighted by molar-refractivity contribution is 0.771. The predicted octanol–water partition coefficient (Wildman–Crippen LogP) is 1.44. The standard InChI is InChI=1S/C6H9N3S/c1-3-4-9-5(2)7-8-6(9)10/h3H,1,4H2,2H3,(H,8,10). The molecule has 1 rings (SSSR count). The van der Waals surface area contributed by atoms with Gasteiger partial charge in [0, 0.05) is 6.54 Å². The first-order valence-electron chi connectivity index (χ1n) is 2.98. The molecule has 0 atom stereocenters. The van der Waals surface area contributed by atoms with Gasteiger partial charge in [-0.15, -0.1) is 6.58 Å². The van der Waals surface area contributed by atoms with Crippen LogP contribution in [0, 0.1) is 11.7 Å². The van der Waals surface area contributed by atoms with Crippen LogP contribution in [0.15, 0.2) is 12.7 Å². The van der Waals surface area contributed by atoms with Crippen LogP contribution in [0.2, 0.25) is 0 Å². The molecule has 0 bridgehead atoms. The van der Waals surface area contributed by atoms with Crippen molar-refractivity contribution < 1.29 is 0 Å². The molecule has 0 fully saturated rings. The fraction of sp³-hybridized carbons (Fsp3) is 0.333. The summed E-state index contributed by atoms with van der Waals surface area (Å²) in [5.74, 6) is 0.893. The van der Waals surface area contributed by atoms with Crippen LogP contribution < -0.4 is 0 Å². The molecule has 0 saturated heterocycles. The minimum absolute atomic E-state index is 0.650. The van der Waals surface area contributed by atoms with Crippen molar-refractivity contribution in [2.45, 2.75) is 13.5 Å². The summed E-state index contributed by atoms with van der Waals surface area (Å²) in [4.78, 5) is 0. The van der Waals surface area contributed by atoms with Crippen molar-refractivity contribution in [3.63, 3.8) is 0 Å². The summed E-state index contributed by atoms with van der Waals surface area (Å²) in [6.07, 6.45) is 1.79. The van der Waals surface area contributed by atoms with Crippen LogP contribution >= 0.6 is 12.2 Å². The van der Waals surface area contributed by atoms with Gasteiger partial charge in [-0.1, -0.05) is 6.08 Å². The van der Waals surface area contributed by atoms with Crippen molar-refractivity contribution in [3.05, 3.63) is 23.3 Å². The second-order valence-corrected chi connectivity index (χ2v) is 2.36. The van der Waals surface area contributed by atoms with Crippen LogP contribution in [0.3, 0.4) is 0 Å². The highest BCUT2D eigenvalue weighted by molar-refractivity contribution is 7.71. The molecule has 1 aromatic rings. The molecule has 4 heteroatoms. The summed E-state index contributed by atoms with van der Waals surface area (Å²) >= 11 is 4.94. The van der Waals surface area contributed by atoms with Crippen LogP contribution in [0.4, 0.5) is 0 Å². The van der Waals surface area contributed by atoms with Crippen molar-refractivity contribution in [3.8, 4) is 0 Å². The first-order valence-corrected chi connectivity index (χ1v) is 3.39. The molecule has 0 saturated carbocycles. The first-order chi connectivity index (χ1) is 4.75. The second-order valence-electron chi connectivity index (χ2n) is 1.98. The zero-order valence-corrected chi connectivity index (χ0v) is 6.61. The smallest absolute Gasteiger partial charge is 0.195 e. The van der Waals surface area contributed by atoms with E-state index in [-0.39, 0.29) is 0 Å². The average Bonchev–Trinajstić information content (AvgIpc) is 2.20. The monoisotopic (exact) mass is 155 g/mol. The van der Waals surface area contributed by atoms with Gasteiger partial charge in [-0.2, -0.15) is 5.10 Å². The highest BCUT2D eigenvalue weighted by Crippen LogP contribution is 1.94. The van der Waals surface area contributed by atoms with Crippen LogP contribution in [0.1, 0.15) is 5.82 Å². The van der Waals surface area contributed by atoms with Gasteiger partial charge in [0.2, 0.25) is 0 Å². The molecule has 0 aliphatic rings. The molecule has 0 amide bonds. The van der Waals surface area contributed by atoms with Crippen LogP contribution in [-0.2, 0) is 6.54 Å². The van der Waals surface area contributed by atoms with Crippen LogP contribution in [0.5, 0.6) is 0 Å². The van der Waals surface area contributed by atoms with E-state index in [4.69, 9.17) is 12.2 Å². The number of rotatable bonds is 2. The molecular weight excluding hydrogens is 146 g/mol. The summed E-state index contributed by atoms with van der Waals surface area (Å²) in [5.41, 5.74) is 0. The molecule has 0 spiro atoms. The van der Waals surface area contributed by atoms with E-state index in [0.717, 1.165) is 12.4 Å². The molecule has 0 radical (unpaired) electrons. The largest absolute Gasteiger partial charge is 0.301 e. The van der Waals surface area contributed by atoms with E-state index in [1.165, 1.54) is 0 Å². The lowest BCUT2D eigenvalue weighted by Gasteiger charge is -1.95. The summed E-state index contributed by atoms with van der Waals surface area (Å²) in [7, 11) is 0. The van der Waals surface area contributed by atoms with Gasteiger partial charge in [0.25, 0.3) is 0 Å². The summed E-state index contributed by atoms with van der Waals surface area (Å²) < 4.78 is 2.53. The molecular formula is C6H9N3S. The average molecular weight is 155 g/mol. The zero-order valence-electron chi connectivity index (χ0n) is 5.79. The first kappa shape index (κ1) is 7.21. The lowest BCUT2D eigenvalue weighted by Crippen LogP contribution is -1.97. The Labute approximate surface area is 64.4 Å². The van der Waals surface area contributed by atoms with Gasteiger partial charge in [0.1, 0.15) is 5.82 Å². The van der Waals surface area contributed by atoms with Crippen LogP contribution in [0.25, 0.3) is 0 Å². The Balaban J connectivity index is 3.10. The highest BCUT2D eigenvalue weighted by atomic mass is 32.1. The number of nitrogens with one attached hydrogen (secondary N) is 1. The second kappa shape index (κ2) is 2.79. The predicted molar refractivity (Wildman–Crippen MR) is 42.3 cm³/mol. The minimum Gasteiger partial charge on any atom is -0.301 e. The summed E-state index contributed by atoms with van der Waals surface area (Å²) in [6, 6.07) is 0. The molecule has 0 aromatic carbocycles. The molecule has 0 aliphatic carbocycles. The van der Waals surface area contributed by atoms with Crippen molar-refractivity contribution in [2.24, 2.45) is 0 Å². The Kier molecular flexibility index (Phi) is 2.01. The maximum atomic E-state index is 4.94. The Bertz CT molecular complexity index is 283. The number of hydrogen-bond donors (Lipinski definition) is 1. The highest BCUT2D eigenvalue weighted by Gasteiger charge is 1.95. The maximum Gasteiger partial charge on any atom is 0.195 e. The van der Waals surface area contributed by atoms with Gasteiger partial charge in [0.15, 0.2) is 4.77 Å². The van der Waals surface area contributed by atoms with E-state index < -0.39 is 0 Å². The number of aromatic amines is 1. The number of hydrogen-bond acceptors (Lipinski definition) is 2. The molecule has 10 heavy (non-hydrogen) atoms. The van der Waals surface area contributed by atoms with E-state index in [1.54, 1.807) is 6.08 Å². The van der Waals surface area contributed by atoms with Crippen LogP contribution in [-0.4, -0.2) is 14.8 Å². The molecule has 0 unspecified atom stereocenters. The quantitative estimate of drug-likeness (QED) is 0.518. The number of allylic oxidation sites excluding steroid dienone is 1. The third kappa shape index (κ3) is 1.16. The Hall–Kier alpha value is -0.900.